The number of benzene rings is 1. The molecule has 0 amide bonds. The quantitative estimate of drug-likeness (QED) is 0.748. The van der Waals surface area contributed by atoms with Gasteiger partial charge in [-0.15, -0.1) is 0 Å². The van der Waals surface area contributed by atoms with Crippen molar-refractivity contribution >= 4 is 11.5 Å². The van der Waals surface area contributed by atoms with Crippen molar-refractivity contribution in [3.05, 3.63) is 34.4 Å². The molecule has 0 atom stereocenters. The highest BCUT2D eigenvalue weighted by Crippen LogP contribution is 2.41. The third-order valence-corrected chi connectivity index (χ3v) is 4.20. The molecule has 0 saturated heterocycles. The number of aromatic hydroxyl groups is 1. The van der Waals surface area contributed by atoms with Crippen LogP contribution in [-0.4, -0.2) is 16.2 Å². The van der Waals surface area contributed by atoms with E-state index in [1.807, 2.05) is 19.1 Å². The van der Waals surface area contributed by atoms with Crippen molar-refractivity contribution in [3.63, 3.8) is 0 Å². The van der Waals surface area contributed by atoms with Crippen molar-refractivity contribution in [2.45, 2.75) is 72.6 Å². The molecule has 23 heavy (non-hydrogen) atoms. The second-order valence-corrected chi connectivity index (χ2v) is 8.18. The van der Waals surface area contributed by atoms with Gasteiger partial charge in [0.2, 0.25) is 0 Å². The van der Waals surface area contributed by atoms with Crippen LogP contribution < -0.4 is 0 Å². The van der Waals surface area contributed by atoms with Crippen LogP contribution in [0.4, 0.5) is 0 Å². The van der Waals surface area contributed by atoms with Crippen LogP contribution in [0.1, 0.15) is 78.5 Å². The smallest absolute Gasteiger partial charge is 0.331 e. The molecule has 0 aliphatic heterocycles. The van der Waals surface area contributed by atoms with Crippen molar-refractivity contribution in [2.75, 3.05) is 0 Å². The zero-order chi connectivity index (χ0) is 18.2. The van der Waals surface area contributed by atoms with Crippen molar-refractivity contribution in [3.8, 4) is 5.75 Å². The van der Waals surface area contributed by atoms with E-state index in [1.165, 1.54) is 0 Å². The lowest BCUT2D eigenvalue weighted by molar-refractivity contribution is -0.132. The number of hydrogen-bond donors (Lipinski definition) is 2. The molecule has 0 aliphatic rings. The number of carboxylic acids is 1. The van der Waals surface area contributed by atoms with Gasteiger partial charge in [-0.1, -0.05) is 48.5 Å². The van der Waals surface area contributed by atoms with Gasteiger partial charge in [-0.3, -0.25) is 0 Å². The highest BCUT2D eigenvalue weighted by molar-refractivity contribution is 5.96. The second kappa shape index (κ2) is 6.38. The lowest BCUT2D eigenvalue weighted by Gasteiger charge is -2.28. The lowest BCUT2D eigenvalue weighted by atomic mass is 9.77. The molecule has 1 aromatic carbocycles. The first-order valence-corrected chi connectivity index (χ1v) is 8.12. The zero-order valence-corrected chi connectivity index (χ0v) is 15.7. The summed E-state index contributed by atoms with van der Waals surface area (Å²) in [6, 6.07) is 3.88. The Morgan fingerprint density at radius 2 is 1.39 bits per heavy atom. The van der Waals surface area contributed by atoms with Crippen LogP contribution in [0.5, 0.6) is 5.75 Å². The van der Waals surface area contributed by atoms with Crippen molar-refractivity contribution < 1.29 is 15.0 Å². The van der Waals surface area contributed by atoms with Gasteiger partial charge < -0.3 is 10.2 Å². The Labute approximate surface area is 140 Å². The summed E-state index contributed by atoms with van der Waals surface area (Å²) in [6.45, 7) is 15.9. The summed E-state index contributed by atoms with van der Waals surface area (Å²) in [5.41, 5.74) is 3.31. The molecular weight excluding hydrogens is 288 g/mol. The molecule has 0 fully saturated rings. The minimum absolute atomic E-state index is 0.226. The Hall–Kier alpha value is -1.77. The first kappa shape index (κ1) is 19.3. The van der Waals surface area contributed by atoms with Crippen LogP contribution in [0, 0.1) is 0 Å². The number of allylic oxidation sites excluding steroid dienone is 1. The van der Waals surface area contributed by atoms with Crippen molar-refractivity contribution in [2.24, 2.45) is 0 Å². The number of phenolic OH excluding ortho intramolecular Hbond substituents is 1. The maximum Gasteiger partial charge on any atom is 0.331 e. The topological polar surface area (TPSA) is 57.5 Å². The minimum atomic E-state index is -0.899. The molecule has 0 heterocycles. The fourth-order valence-corrected chi connectivity index (χ4v) is 2.77. The van der Waals surface area contributed by atoms with E-state index >= 15 is 0 Å². The van der Waals surface area contributed by atoms with Gasteiger partial charge in [-0.25, -0.2) is 4.79 Å². The number of carbonyl (C=O) groups is 1. The molecular formula is C20H30O3. The van der Waals surface area contributed by atoms with Crippen LogP contribution >= 0.6 is 0 Å². The molecule has 0 saturated carbocycles. The fourth-order valence-electron chi connectivity index (χ4n) is 2.77. The number of phenols is 1. The first-order valence-electron chi connectivity index (χ1n) is 8.12. The summed E-state index contributed by atoms with van der Waals surface area (Å²) in [6.07, 6.45) is 0.635. The standard InChI is InChI=1S/C20H30O3/c1-9-14(12(2)18(22)23)13-10-15(19(3,4)5)17(21)16(11-13)20(6,7)8/h10-11,21H,9H2,1-8H3,(H,22,23)/b14-12+. The molecule has 0 aromatic heterocycles. The lowest BCUT2D eigenvalue weighted by Crippen LogP contribution is -2.18. The highest BCUT2D eigenvalue weighted by atomic mass is 16.4. The Morgan fingerprint density at radius 3 is 1.65 bits per heavy atom. The van der Waals surface area contributed by atoms with Crippen LogP contribution in [0.3, 0.4) is 0 Å². The maximum absolute atomic E-state index is 11.4. The van der Waals surface area contributed by atoms with Crippen LogP contribution in [0.25, 0.3) is 5.57 Å². The first-order chi connectivity index (χ1) is 10.3. The van der Waals surface area contributed by atoms with Gasteiger partial charge in [0.15, 0.2) is 0 Å². The molecule has 1 rings (SSSR count). The monoisotopic (exact) mass is 318 g/mol. The average molecular weight is 318 g/mol. The van der Waals surface area contributed by atoms with Crippen LogP contribution in [0.2, 0.25) is 0 Å². The van der Waals surface area contributed by atoms with E-state index < -0.39 is 5.97 Å². The molecule has 3 heteroatoms. The molecule has 0 bridgehead atoms. The van der Waals surface area contributed by atoms with Crippen LogP contribution in [-0.2, 0) is 15.6 Å². The van der Waals surface area contributed by atoms with Gasteiger partial charge in [0.1, 0.15) is 5.75 Å². The summed E-state index contributed by atoms with van der Waals surface area (Å²) >= 11 is 0. The third kappa shape index (κ3) is 4.15. The summed E-state index contributed by atoms with van der Waals surface area (Å²) < 4.78 is 0. The van der Waals surface area contributed by atoms with Crippen molar-refractivity contribution in [1.29, 1.82) is 0 Å². The molecule has 0 radical (unpaired) electrons. The van der Waals surface area contributed by atoms with E-state index in [0.29, 0.717) is 17.7 Å². The van der Waals surface area contributed by atoms with E-state index in [-0.39, 0.29) is 10.8 Å². The zero-order valence-electron chi connectivity index (χ0n) is 15.7. The number of hydrogen-bond acceptors (Lipinski definition) is 2. The maximum atomic E-state index is 11.4. The summed E-state index contributed by atoms with van der Waals surface area (Å²) in [5, 5.41) is 20.1. The highest BCUT2D eigenvalue weighted by Gasteiger charge is 2.27. The van der Waals surface area contributed by atoms with Gasteiger partial charge >= 0.3 is 5.97 Å². The Bertz CT molecular complexity index is 603. The van der Waals surface area contributed by atoms with Gasteiger partial charge in [0, 0.05) is 16.7 Å². The molecule has 0 aliphatic carbocycles. The predicted octanol–water partition coefficient (Wildman–Crippen LogP) is 5.26. The van der Waals surface area contributed by atoms with E-state index in [1.54, 1.807) is 6.92 Å². The normalized spacial score (nSPS) is 13.7. The van der Waals surface area contributed by atoms with Gasteiger partial charge in [0.25, 0.3) is 0 Å². The molecule has 128 valence electrons. The summed E-state index contributed by atoms with van der Waals surface area (Å²) in [5.74, 6) is -0.582. The Kier molecular flexibility index (Phi) is 5.35. The molecule has 2 N–H and O–H groups in total. The van der Waals surface area contributed by atoms with Crippen LogP contribution in [0.15, 0.2) is 17.7 Å². The van der Waals surface area contributed by atoms with Gasteiger partial charge in [-0.05, 0) is 47.4 Å². The van der Waals surface area contributed by atoms with Crippen molar-refractivity contribution in [1.82, 2.24) is 0 Å². The fraction of sp³-hybridized carbons (Fsp3) is 0.550. The summed E-state index contributed by atoms with van der Waals surface area (Å²) in [7, 11) is 0. The largest absolute Gasteiger partial charge is 0.507 e. The predicted molar refractivity (Wildman–Crippen MR) is 96.0 cm³/mol. The molecule has 0 unspecified atom stereocenters. The van der Waals surface area contributed by atoms with E-state index in [2.05, 4.69) is 41.5 Å². The van der Waals surface area contributed by atoms with Gasteiger partial charge in [-0.2, -0.15) is 0 Å². The molecule has 1 aromatic rings. The Balaban J connectivity index is 3.83. The summed E-state index contributed by atoms with van der Waals surface area (Å²) in [4.78, 5) is 11.4. The third-order valence-electron chi connectivity index (χ3n) is 4.20. The molecule has 0 spiro atoms. The second-order valence-electron chi connectivity index (χ2n) is 8.18. The number of carboxylic acid groups (broad SMARTS) is 1. The Morgan fingerprint density at radius 1 is 1.00 bits per heavy atom. The number of rotatable bonds is 3. The average Bonchev–Trinajstić information content (AvgIpc) is 2.37. The minimum Gasteiger partial charge on any atom is -0.507 e. The van der Waals surface area contributed by atoms with E-state index in [0.717, 1.165) is 22.3 Å². The van der Waals surface area contributed by atoms with E-state index in [9.17, 15) is 15.0 Å². The van der Waals surface area contributed by atoms with E-state index in [4.69, 9.17) is 0 Å². The number of aliphatic carboxylic acids is 1. The SMILES string of the molecule is CC/C(=C(/C)C(=O)O)c1cc(C(C)(C)C)c(O)c(C(C)(C)C)c1. The van der Waals surface area contributed by atoms with Gasteiger partial charge in [0.05, 0.1) is 0 Å². The molecule has 3 nitrogen and oxygen atoms in total.